The number of amides is 2. The smallest absolute Gasteiger partial charge is 0.326 e. The number of nitrogens with zero attached hydrogens (tertiary/aromatic N) is 1. The van der Waals surface area contributed by atoms with Gasteiger partial charge in [0.05, 0.1) is 0 Å². The van der Waals surface area contributed by atoms with Crippen LogP contribution in [0, 0.1) is 0 Å². The number of carbonyl (C=O) groups excluding carboxylic acids is 1. The van der Waals surface area contributed by atoms with Crippen LogP contribution < -0.4 is 10.6 Å². The van der Waals surface area contributed by atoms with E-state index in [9.17, 15) is 9.59 Å². The molecule has 1 aromatic heterocycles. The summed E-state index contributed by atoms with van der Waals surface area (Å²) in [6.07, 6.45) is 3.62. The van der Waals surface area contributed by atoms with Gasteiger partial charge in [0.1, 0.15) is 6.04 Å². The van der Waals surface area contributed by atoms with Crippen LogP contribution in [0.1, 0.15) is 18.9 Å². The fourth-order valence-electron chi connectivity index (χ4n) is 1.23. The Kier molecular flexibility index (Phi) is 4.93. The molecule has 1 atom stereocenters. The molecule has 0 aromatic carbocycles. The van der Waals surface area contributed by atoms with E-state index in [0.29, 0.717) is 13.0 Å². The van der Waals surface area contributed by atoms with E-state index in [-0.39, 0.29) is 0 Å². The monoisotopic (exact) mass is 237 g/mol. The predicted octanol–water partition coefficient (Wildman–Crippen LogP) is 0.744. The van der Waals surface area contributed by atoms with Crippen molar-refractivity contribution in [3.8, 4) is 0 Å². The van der Waals surface area contributed by atoms with Gasteiger partial charge < -0.3 is 15.7 Å². The number of rotatable bonds is 5. The van der Waals surface area contributed by atoms with Gasteiger partial charge >= 0.3 is 12.0 Å². The summed E-state index contributed by atoms with van der Waals surface area (Å²) in [5, 5.41) is 13.7. The predicted molar refractivity (Wildman–Crippen MR) is 61.3 cm³/mol. The van der Waals surface area contributed by atoms with E-state index in [0.717, 1.165) is 5.56 Å². The van der Waals surface area contributed by atoms with E-state index in [1.54, 1.807) is 25.4 Å². The summed E-state index contributed by atoms with van der Waals surface area (Å²) in [5.41, 5.74) is 0.853. The second-order valence-electron chi connectivity index (χ2n) is 3.49. The molecule has 0 radical (unpaired) electrons. The highest BCUT2D eigenvalue weighted by atomic mass is 16.4. The fourth-order valence-corrected chi connectivity index (χ4v) is 1.23. The lowest BCUT2D eigenvalue weighted by atomic mass is 10.2. The summed E-state index contributed by atoms with van der Waals surface area (Å²) in [6, 6.07) is 2.23. The Balaban J connectivity index is 2.37. The van der Waals surface area contributed by atoms with Gasteiger partial charge in [-0.05, 0) is 18.1 Å². The van der Waals surface area contributed by atoms with Gasteiger partial charge in [0.2, 0.25) is 0 Å². The number of aromatic nitrogens is 1. The molecule has 0 fully saturated rings. The van der Waals surface area contributed by atoms with Crippen LogP contribution in [0.4, 0.5) is 4.79 Å². The molecule has 0 saturated carbocycles. The third-order valence-electron chi connectivity index (χ3n) is 2.19. The van der Waals surface area contributed by atoms with E-state index in [2.05, 4.69) is 15.6 Å². The molecule has 6 nitrogen and oxygen atoms in total. The normalized spacial score (nSPS) is 11.6. The maximum absolute atomic E-state index is 11.4. The maximum Gasteiger partial charge on any atom is 0.326 e. The number of hydrogen-bond donors (Lipinski definition) is 3. The van der Waals surface area contributed by atoms with Gasteiger partial charge in [-0.2, -0.15) is 0 Å². The van der Waals surface area contributed by atoms with Crippen molar-refractivity contribution < 1.29 is 14.7 Å². The molecule has 17 heavy (non-hydrogen) atoms. The van der Waals surface area contributed by atoms with Gasteiger partial charge in [0.25, 0.3) is 0 Å². The van der Waals surface area contributed by atoms with Gasteiger partial charge in [-0.15, -0.1) is 0 Å². The summed E-state index contributed by atoms with van der Waals surface area (Å²) < 4.78 is 0. The molecule has 0 aliphatic heterocycles. The lowest BCUT2D eigenvalue weighted by molar-refractivity contribution is -0.139. The number of carboxylic acids is 1. The van der Waals surface area contributed by atoms with Gasteiger partial charge in [0, 0.05) is 18.9 Å². The lowest BCUT2D eigenvalue weighted by Crippen LogP contribution is -2.45. The first-order valence-electron chi connectivity index (χ1n) is 5.29. The summed E-state index contributed by atoms with van der Waals surface area (Å²) in [6.45, 7) is 2.01. The van der Waals surface area contributed by atoms with E-state index in [4.69, 9.17) is 5.11 Å². The highest BCUT2D eigenvalue weighted by molar-refractivity contribution is 5.82. The molecule has 0 spiro atoms. The molecule has 0 unspecified atom stereocenters. The lowest BCUT2D eigenvalue weighted by Gasteiger charge is -2.12. The zero-order valence-corrected chi connectivity index (χ0v) is 9.51. The van der Waals surface area contributed by atoms with Gasteiger partial charge in [0.15, 0.2) is 0 Å². The van der Waals surface area contributed by atoms with Crippen LogP contribution in [0.3, 0.4) is 0 Å². The molecule has 0 aliphatic carbocycles. The number of hydrogen-bond acceptors (Lipinski definition) is 3. The van der Waals surface area contributed by atoms with Crippen molar-refractivity contribution >= 4 is 12.0 Å². The molecule has 6 heteroatoms. The minimum Gasteiger partial charge on any atom is -0.480 e. The first-order valence-corrected chi connectivity index (χ1v) is 5.29. The highest BCUT2D eigenvalue weighted by Gasteiger charge is 2.16. The number of urea groups is 1. The van der Waals surface area contributed by atoms with E-state index in [1.807, 2.05) is 6.07 Å². The molecule has 1 rings (SSSR count). The summed E-state index contributed by atoms with van der Waals surface area (Å²) >= 11 is 0. The maximum atomic E-state index is 11.4. The molecule has 2 amide bonds. The Morgan fingerprint density at radius 1 is 1.53 bits per heavy atom. The Bertz CT molecular complexity index is 381. The van der Waals surface area contributed by atoms with E-state index < -0.39 is 18.0 Å². The minimum atomic E-state index is -1.04. The quantitative estimate of drug-likeness (QED) is 0.704. The van der Waals surface area contributed by atoms with Crippen LogP contribution in [0.15, 0.2) is 24.5 Å². The molecule has 0 aliphatic rings. The SMILES string of the molecule is CC[C@@H](NC(=O)NCc1cccnc1)C(=O)O. The molecule has 1 heterocycles. The van der Waals surface area contributed by atoms with Gasteiger partial charge in [-0.25, -0.2) is 9.59 Å². The van der Waals surface area contributed by atoms with Crippen LogP contribution in [0.2, 0.25) is 0 Å². The molecule has 0 bridgehead atoms. The summed E-state index contributed by atoms with van der Waals surface area (Å²) in [7, 11) is 0. The third-order valence-corrected chi connectivity index (χ3v) is 2.19. The van der Waals surface area contributed by atoms with Crippen LogP contribution in [0.5, 0.6) is 0 Å². The number of carboxylic acid groups (broad SMARTS) is 1. The van der Waals surface area contributed by atoms with Crippen molar-refractivity contribution in [2.45, 2.75) is 25.9 Å². The highest BCUT2D eigenvalue weighted by Crippen LogP contribution is 1.95. The first kappa shape index (κ1) is 13.0. The van der Waals surface area contributed by atoms with Gasteiger partial charge in [-0.1, -0.05) is 13.0 Å². The van der Waals surface area contributed by atoms with E-state index >= 15 is 0 Å². The van der Waals surface area contributed by atoms with Crippen molar-refractivity contribution in [1.82, 2.24) is 15.6 Å². The second-order valence-corrected chi connectivity index (χ2v) is 3.49. The van der Waals surface area contributed by atoms with Crippen molar-refractivity contribution in [2.75, 3.05) is 0 Å². The standard InChI is InChI=1S/C11H15N3O3/c1-2-9(10(15)16)14-11(17)13-7-8-4-3-5-12-6-8/h3-6,9H,2,7H2,1H3,(H,15,16)(H2,13,14,17)/t9-/m1/s1. The van der Waals surface area contributed by atoms with Gasteiger partial charge in [-0.3, -0.25) is 4.98 Å². The minimum absolute atomic E-state index is 0.315. The van der Waals surface area contributed by atoms with Crippen LogP contribution >= 0.6 is 0 Å². The number of pyridine rings is 1. The second kappa shape index (κ2) is 6.47. The van der Waals surface area contributed by atoms with Crippen molar-refractivity contribution in [3.05, 3.63) is 30.1 Å². The third kappa shape index (κ3) is 4.50. The fraction of sp³-hybridized carbons (Fsp3) is 0.364. The zero-order valence-electron chi connectivity index (χ0n) is 9.51. The molecule has 1 aromatic rings. The van der Waals surface area contributed by atoms with Crippen molar-refractivity contribution in [2.24, 2.45) is 0 Å². The number of aliphatic carboxylic acids is 1. The molecule has 0 saturated heterocycles. The van der Waals surface area contributed by atoms with Crippen LogP contribution in [-0.2, 0) is 11.3 Å². The Labute approximate surface area is 99.1 Å². The van der Waals surface area contributed by atoms with Crippen molar-refractivity contribution in [1.29, 1.82) is 0 Å². The average Bonchev–Trinajstić information content (AvgIpc) is 2.34. The Morgan fingerprint density at radius 3 is 2.82 bits per heavy atom. The largest absolute Gasteiger partial charge is 0.480 e. The molecular formula is C11H15N3O3. The Morgan fingerprint density at radius 2 is 2.29 bits per heavy atom. The first-order chi connectivity index (χ1) is 8.13. The van der Waals surface area contributed by atoms with Crippen molar-refractivity contribution in [3.63, 3.8) is 0 Å². The van der Waals surface area contributed by atoms with Crippen LogP contribution in [0.25, 0.3) is 0 Å². The molecular weight excluding hydrogens is 222 g/mol. The topological polar surface area (TPSA) is 91.3 Å². The Hall–Kier alpha value is -2.11. The molecule has 3 N–H and O–H groups in total. The molecule has 92 valence electrons. The summed E-state index contributed by atoms with van der Waals surface area (Å²) in [4.78, 5) is 26.0. The summed E-state index contributed by atoms with van der Waals surface area (Å²) in [5.74, 6) is -1.04. The zero-order chi connectivity index (χ0) is 12.7. The number of nitrogens with one attached hydrogen (secondary N) is 2. The van der Waals surface area contributed by atoms with Crippen LogP contribution in [-0.4, -0.2) is 28.1 Å². The number of carbonyl (C=O) groups is 2. The van der Waals surface area contributed by atoms with E-state index in [1.165, 1.54) is 0 Å². The average molecular weight is 237 g/mol.